The summed E-state index contributed by atoms with van der Waals surface area (Å²) >= 11 is 5.78. The number of halogens is 5. The highest BCUT2D eigenvalue weighted by Crippen LogP contribution is 2.38. The summed E-state index contributed by atoms with van der Waals surface area (Å²) < 4.78 is 69.0. The summed E-state index contributed by atoms with van der Waals surface area (Å²) in [6.07, 6.45) is -1.48. The maximum absolute atomic E-state index is 14.2. The second kappa shape index (κ2) is 10.4. The lowest BCUT2D eigenvalue weighted by atomic mass is 10.0. The first-order valence-electron chi connectivity index (χ1n) is 12.6. The van der Waals surface area contributed by atoms with E-state index >= 15 is 0 Å². The summed E-state index contributed by atoms with van der Waals surface area (Å²) in [5.74, 6) is -0.426. The quantitative estimate of drug-likeness (QED) is 0.275. The van der Waals surface area contributed by atoms with Crippen molar-refractivity contribution in [3.63, 3.8) is 0 Å². The minimum absolute atomic E-state index is 0.0802. The van der Waals surface area contributed by atoms with Crippen LogP contribution in [-0.2, 0) is 43.6 Å². The fourth-order valence-electron chi connectivity index (χ4n) is 4.88. The zero-order valence-electron chi connectivity index (χ0n) is 20.7. The van der Waals surface area contributed by atoms with Crippen LogP contribution in [0.5, 0.6) is 5.88 Å². The van der Waals surface area contributed by atoms with E-state index in [9.17, 15) is 17.6 Å². The SMILES string of the molecule is Fc1cc(Cl)ccc1COc1nc2c(cc1C(F)(F)F)CCN(Cc1nc3cccnc3n1C[C@@H]1CCO1)C2. The van der Waals surface area contributed by atoms with E-state index in [0.29, 0.717) is 43.9 Å². The first-order valence-corrected chi connectivity index (χ1v) is 12.9. The number of aromatic nitrogens is 4. The van der Waals surface area contributed by atoms with E-state index in [1.807, 2.05) is 12.1 Å². The van der Waals surface area contributed by atoms with Crippen LogP contribution < -0.4 is 4.74 Å². The molecule has 1 aromatic carbocycles. The second-order valence-electron chi connectivity index (χ2n) is 9.70. The largest absolute Gasteiger partial charge is 0.472 e. The van der Waals surface area contributed by atoms with Crippen LogP contribution in [-0.4, -0.2) is 43.7 Å². The molecule has 1 saturated heterocycles. The Bertz CT molecular complexity index is 1520. The average molecular weight is 562 g/mol. The molecule has 2 aliphatic heterocycles. The Balaban J connectivity index is 1.25. The van der Waals surface area contributed by atoms with Gasteiger partial charge in [0, 0.05) is 36.5 Å². The van der Waals surface area contributed by atoms with Gasteiger partial charge in [-0.25, -0.2) is 19.3 Å². The minimum atomic E-state index is -4.67. The lowest BCUT2D eigenvalue weighted by Crippen LogP contribution is -2.34. The predicted octanol–water partition coefficient (Wildman–Crippen LogP) is 5.56. The summed E-state index contributed by atoms with van der Waals surface area (Å²) in [6.45, 7) is 2.29. The number of imidazole rings is 1. The van der Waals surface area contributed by atoms with E-state index in [0.717, 1.165) is 42.1 Å². The zero-order valence-corrected chi connectivity index (χ0v) is 21.5. The molecule has 0 N–H and O–H groups in total. The molecular formula is C27H24ClF4N5O2. The number of hydrogen-bond donors (Lipinski definition) is 0. The molecule has 39 heavy (non-hydrogen) atoms. The van der Waals surface area contributed by atoms with Crippen LogP contribution in [0.1, 0.15) is 34.6 Å². The van der Waals surface area contributed by atoms with Crippen molar-refractivity contribution in [2.24, 2.45) is 0 Å². The van der Waals surface area contributed by atoms with Crippen molar-refractivity contribution >= 4 is 22.8 Å². The van der Waals surface area contributed by atoms with E-state index in [1.54, 1.807) is 6.20 Å². The third-order valence-corrected chi connectivity index (χ3v) is 7.27. The fraction of sp³-hybridized carbons (Fsp3) is 0.370. The molecule has 1 atom stereocenters. The van der Waals surface area contributed by atoms with Gasteiger partial charge in [0.2, 0.25) is 5.88 Å². The van der Waals surface area contributed by atoms with Gasteiger partial charge in [-0.1, -0.05) is 17.7 Å². The third kappa shape index (κ3) is 5.43. The molecule has 0 unspecified atom stereocenters. The van der Waals surface area contributed by atoms with Crippen LogP contribution in [0.4, 0.5) is 17.6 Å². The average Bonchev–Trinajstić information content (AvgIpc) is 3.21. The van der Waals surface area contributed by atoms with E-state index in [-0.39, 0.29) is 16.7 Å². The van der Waals surface area contributed by atoms with Crippen LogP contribution in [0.15, 0.2) is 42.6 Å². The van der Waals surface area contributed by atoms with Crippen molar-refractivity contribution in [1.82, 2.24) is 24.4 Å². The molecule has 3 aromatic heterocycles. The number of nitrogens with zero attached hydrogens (tertiary/aromatic N) is 5. The van der Waals surface area contributed by atoms with Crippen LogP contribution in [0.2, 0.25) is 5.02 Å². The number of fused-ring (bicyclic) bond motifs is 2. The molecule has 12 heteroatoms. The van der Waals surface area contributed by atoms with Crippen LogP contribution in [0.3, 0.4) is 0 Å². The predicted molar refractivity (Wildman–Crippen MR) is 135 cm³/mol. The van der Waals surface area contributed by atoms with Crippen molar-refractivity contribution in [2.45, 2.75) is 51.4 Å². The van der Waals surface area contributed by atoms with Gasteiger partial charge in [-0.3, -0.25) is 4.90 Å². The fourth-order valence-corrected chi connectivity index (χ4v) is 5.04. The molecule has 0 bridgehead atoms. The maximum Gasteiger partial charge on any atom is 0.421 e. The Labute approximate surface area is 226 Å². The van der Waals surface area contributed by atoms with Crippen molar-refractivity contribution in [3.05, 3.63) is 81.6 Å². The molecular weight excluding hydrogens is 538 g/mol. The zero-order chi connectivity index (χ0) is 27.1. The summed E-state index contributed by atoms with van der Waals surface area (Å²) in [7, 11) is 0. The molecule has 0 amide bonds. The standard InChI is InChI=1S/C27H24ClF4N5O2/c28-18-4-3-17(21(29)11-18)15-39-26-20(27(30,31)32)10-16-5-8-36(13-23(16)35-26)14-24-34-22-2-1-7-33-25(22)37(24)12-19-6-9-38-19/h1-4,7,10-11,19H,5-6,8-9,12-15H2/t19-/m0/s1. The van der Waals surface area contributed by atoms with Crippen molar-refractivity contribution < 1.29 is 27.0 Å². The number of ether oxygens (including phenoxy) is 2. The van der Waals surface area contributed by atoms with Crippen LogP contribution >= 0.6 is 11.6 Å². The molecule has 4 aromatic rings. The molecule has 204 valence electrons. The van der Waals surface area contributed by atoms with Crippen molar-refractivity contribution in [3.8, 4) is 5.88 Å². The van der Waals surface area contributed by atoms with Gasteiger partial charge in [0.05, 0.1) is 24.9 Å². The first kappa shape index (κ1) is 26.0. The number of alkyl halides is 3. The topological polar surface area (TPSA) is 65.3 Å². The van der Waals surface area contributed by atoms with E-state index in [4.69, 9.17) is 26.1 Å². The van der Waals surface area contributed by atoms with Crippen LogP contribution in [0, 0.1) is 5.82 Å². The lowest BCUT2D eigenvalue weighted by Gasteiger charge is -2.30. The Morgan fingerprint density at radius 1 is 1.15 bits per heavy atom. The summed E-state index contributed by atoms with van der Waals surface area (Å²) in [6, 6.07) is 8.75. The Morgan fingerprint density at radius 2 is 2.00 bits per heavy atom. The number of rotatable bonds is 7. The summed E-state index contributed by atoms with van der Waals surface area (Å²) in [5.41, 5.74) is 1.67. The molecule has 6 rings (SSSR count). The third-order valence-electron chi connectivity index (χ3n) is 7.04. The summed E-state index contributed by atoms with van der Waals surface area (Å²) in [4.78, 5) is 15.6. The van der Waals surface area contributed by atoms with Crippen LogP contribution in [0.25, 0.3) is 11.2 Å². The Kier molecular flexibility index (Phi) is 6.90. The van der Waals surface area contributed by atoms with Crippen molar-refractivity contribution in [2.75, 3.05) is 13.2 Å². The molecule has 2 aliphatic rings. The molecule has 0 aliphatic carbocycles. The highest BCUT2D eigenvalue weighted by atomic mass is 35.5. The summed E-state index contributed by atoms with van der Waals surface area (Å²) in [5, 5.41) is 0.184. The normalized spacial score (nSPS) is 17.7. The van der Waals surface area contributed by atoms with Gasteiger partial charge in [-0.05, 0) is 48.7 Å². The Hall–Kier alpha value is -3.28. The van der Waals surface area contributed by atoms with Gasteiger partial charge >= 0.3 is 6.18 Å². The van der Waals surface area contributed by atoms with Gasteiger partial charge in [-0.15, -0.1) is 0 Å². The van der Waals surface area contributed by atoms with Gasteiger partial charge in [0.25, 0.3) is 0 Å². The molecule has 7 nitrogen and oxygen atoms in total. The molecule has 0 spiro atoms. The smallest absolute Gasteiger partial charge is 0.421 e. The molecule has 1 fully saturated rings. The molecule has 0 radical (unpaired) electrons. The minimum Gasteiger partial charge on any atom is -0.472 e. The Morgan fingerprint density at radius 3 is 2.74 bits per heavy atom. The second-order valence-corrected chi connectivity index (χ2v) is 10.1. The van der Waals surface area contributed by atoms with Gasteiger partial charge in [0.1, 0.15) is 29.3 Å². The maximum atomic E-state index is 14.2. The highest BCUT2D eigenvalue weighted by molar-refractivity contribution is 6.30. The number of pyridine rings is 2. The molecule has 5 heterocycles. The number of benzene rings is 1. The van der Waals surface area contributed by atoms with Gasteiger partial charge in [-0.2, -0.15) is 13.2 Å². The highest BCUT2D eigenvalue weighted by Gasteiger charge is 2.37. The monoisotopic (exact) mass is 561 g/mol. The van der Waals surface area contributed by atoms with E-state index < -0.39 is 30.0 Å². The van der Waals surface area contributed by atoms with Gasteiger partial charge < -0.3 is 14.0 Å². The lowest BCUT2D eigenvalue weighted by molar-refractivity contribution is -0.139. The first-order chi connectivity index (χ1) is 18.7. The number of hydrogen-bond acceptors (Lipinski definition) is 6. The van der Waals surface area contributed by atoms with E-state index in [1.165, 1.54) is 12.1 Å². The van der Waals surface area contributed by atoms with E-state index in [2.05, 4.69) is 19.4 Å². The van der Waals surface area contributed by atoms with Gasteiger partial charge in [0.15, 0.2) is 5.65 Å². The molecule has 0 saturated carbocycles. The van der Waals surface area contributed by atoms with Crippen molar-refractivity contribution in [1.29, 1.82) is 0 Å².